The minimum Gasteiger partial charge on any atom is -0.438 e. The molecule has 2 aromatic rings. The van der Waals surface area contributed by atoms with E-state index in [1.807, 2.05) is 32.0 Å². The number of aromatic amines is 1. The fraction of sp³-hybridized carbons (Fsp3) is 0.111. The van der Waals surface area contributed by atoms with E-state index in [4.69, 9.17) is 4.42 Å². The van der Waals surface area contributed by atoms with Crippen molar-refractivity contribution in [3.63, 3.8) is 0 Å². The van der Waals surface area contributed by atoms with Gasteiger partial charge < -0.3 is 4.42 Å². The van der Waals surface area contributed by atoms with Crippen molar-refractivity contribution in [1.29, 1.82) is 0 Å². The molecule has 0 fully saturated rings. The quantitative estimate of drug-likeness (QED) is 0.588. The molecular weight excluding hydrogens is 292 g/mol. The van der Waals surface area contributed by atoms with Gasteiger partial charge in [-0.2, -0.15) is 0 Å². The lowest BCUT2D eigenvalue weighted by atomic mass is 10.1. The molecule has 5 nitrogen and oxygen atoms in total. The zero-order valence-corrected chi connectivity index (χ0v) is 12.7. The van der Waals surface area contributed by atoms with Crippen molar-refractivity contribution >= 4 is 11.1 Å². The molecule has 0 saturated carbocycles. The summed E-state index contributed by atoms with van der Waals surface area (Å²) in [6.45, 7) is 3.97. The van der Waals surface area contributed by atoms with Gasteiger partial charge in [0, 0.05) is 11.6 Å². The molecule has 1 aliphatic carbocycles. The number of nitrogens with zero attached hydrogens (tertiary/aromatic N) is 1. The maximum absolute atomic E-state index is 12.7. The number of fused-ring (bicyclic) bond motifs is 2. The Labute approximate surface area is 131 Å². The van der Waals surface area contributed by atoms with E-state index in [0.29, 0.717) is 16.9 Å². The molecule has 4 rings (SSSR count). The van der Waals surface area contributed by atoms with Crippen LogP contribution in [0, 0.1) is 13.8 Å². The minimum atomic E-state index is -0.175. The molecule has 1 aromatic carbocycles. The van der Waals surface area contributed by atoms with E-state index in [-0.39, 0.29) is 11.0 Å². The Balaban J connectivity index is 2.07. The number of aryl methyl sites for hydroxylation is 1. The Morgan fingerprint density at radius 2 is 1.87 bits per heavy atom. The van der Waals surface area contributed by atoms with Crippen LogP contribution < -0.4 is 11.0 Å². The topological polar surface area (TPSA) is 68.0 Å². The van der Waals surface area contributed by atoms with E-state index >= 15 is 0 Å². The molecule has 0 spiro atoms. The number of H-pyrrole nitrogens is 1. The van der Waals surface area contributed by atoms with E-state index in [1.54, 1.807) is 12.1 Å². The van der Waals surface area contributed by atoms with Crippen LogP contribution in [0.1, 0.15) is 11.1 Å². The number of hydrogen-bond donors (Lipinski definition) is 1. The van der Waals surface area contributed by atoms with Gasteiger partial charge >= 0.3 is 0 Å². The standard InChI is InChI=1S/C18H14N2O3/c1-10-4-3-5-15(11(10)2)20-18(22)14-8-12-6-7-13(21)9-16(12)23-17(14)19-20/h3-9,19H,1-2H3. The molecule has 1 aromatic heterocycles. The predicted molar refractivity (Wildman–Crippen MR) is 88.5 cm³/mol. The van der Waals surface area contributed by atoms with E-state index < -0.39 is 0 Å². The third kappa shape index (κ3) is 2.01. The lowest BCUT2D eigenvalue weighted by Gasteiger charge is -2.07. The first-order chi connectivity index (χ1) is 11.0. The van der Waals surface area contributed by atoms with Crippen molar-refractivity contribution in [1.82, 2.24) is 9.78 Å². The van der Waals surface area contributed by atoms with Crippen LogP contribution in [0.4, 0.5) is 0 Å². The third-order valence-electron chi connectivity index (χ3n) is 4.21. The third-order valence-corrected chi connectivity index (χ3v) is 4.21. The van der Waals surface area contributed by atoms with E-state index in [1.165, 1.54) is 16.8 Å². The highest BCUT2D eigenvalue weighted by molar-refractivity contribution is 5.80. The van der Waals surface area contributed by atoms with E-state index in [0.717, 1.165) is 22.4 Å². The lowest BCUT2D eigenvalue weighted by Crippen LogP contribution is -2.15. The number of rotatable bonds is 1. The van der Waals surface area contributed by atoms with Crippen LogP contribution in [-0.2, 0) is 0 Å². The zero-order valence-electron chi connectivity index (χ0n) is 12.7. The molecule has 0 atom stereocenters. The monoisotopic (exact) mass is 306 g/mol. The van der Waals surface area contributed by atoms with Crippen LogP contribution in [0.3, 0.4) is 0 Å². The van der Waals surface area contributed by atoms with Crippen LogP contribution in [0.15, 0.2) is 56.5 Å². The number of benzene rings is 2. The summed E-state index contributed by atoms with van der Waals surface area (Å²) >= 11 is 0. The summed E-state index contributed by atoms with van der Waals surface area (Å²) in [4.78, 5) is 24.2. The van der Waals surface area contributed by atoms with Crippen molar-refractivity contribution < 1.29 is 4.42 Å². The molecule has 0 radical (unpaired) electrons. The predicted octanol–water partition coefficient (Wildman–Crippen LogP) is 2.99. The summed E-state index contributed by atoms with van der Waals surface area (Å²) in [6, 6.07) is 12.1. The zero-order chi connectivity index (χ0) is 16.1. The Hall–Kier alpha value is -3.08. The first-order valence-corrected chi connectivity index (χ1v) is 7.30. The van der Waals surface area contributed by atoms with Gasteiger partial charge in [-0.25, -0.2) is 4.68 Å². The van der Waals surface area contributed by atoms with Gasteiger partial charge in [-0.3, -0.25) is 14.7 Å². The Morgan fingerprint density at radius 3 is 2.70 bits per heavy atom. The molecule has 5 heteroatoms. The largest absolute Gasteiger partial charge is 0.438 e. The molecule has 114 valence electrons. The lowest BCUT2D eigenvalue weighted by molar-refractivity contribution is 0.597. The molecule has 0 amide bonds. The molecule has 1 N–H and O–H groups in total. The SMILES string of the molecule is Cc1cccc(-n2[nH]c3oc4cc(=O)ccc-4cc3c2=O)c1C. The fourth-order valence-electron chi connectivity index (χ4n) is 2.77. The summed E-state index contributed by atoms with van der Waals surface area (Å²) in [6.07, 6.45) is 0. The molecule has 1 aliphatic heterocycles. The molecule has 0 bridgehead atoms. The summed E-state index contributed by atoms with van der Waals surface area (Å²) in [5.41, 5.74) is 3.69. The van der Waals surface area contributed by atoms with Gasteiger partial charge in [-0.15, -0.1) is 0 Å². The second-order valence-corrected chi connectivity index (χ2v) is 5.66. The highest BCUT2D eigenvalue weighted by atomic mass is 16.3. The summed E-state index contributed by atoms with van der Waals surface area (Å²) in [5.74, 6) is 0.458. The van der Waals surface area contributed by atoms with Gasteiger partial charge in [0.15, 0.2) is 5.43 Å². The first kappa shape index (κ1) is 13.6. The summed E-state index contributed by atoms with van der Waals surface area (Å²) < 4.78 is 7.18. The van der Waals surface area contributed by atoms with Gasteiger partial charge in [0.25, 0.3) is 5.56 Å². The van der Waals surface area contributed by atoms with Crippen molar-refractivity contribution in [3.8, 4) is 17.0 Å². The van der Waals surface area contributed by atoms with Crippen molar-refractivity contribution in [2.45, 2.75) is 13.8 Å². The summed E-state index contributed by atoms with van der Waals surface area (Å²) in [7, 11) is 0. The summed E-state index contributed by atoms with van der Waals surface area (Å²) in [5, 5.41) is 3.45. The minimum absolute atomic E-state index is 0.128. The van der Waals surface area contributed by atoms with Crippen molar-refractivity contribution in [2.24, 2.45) is 0 Å². The van der Waals surface area contributed by atoms with Gasteiger partial charge in [-0.1, -0.05) is 12.1 Å². The molecular formula is C18H14N2O3. The fourth-order valence-corrected chi connectivity index (χ4v) is 2.77. The van der Waals surface area contributed by atoms with Gasteiger partial charge in [-0.05, 0) is 49.2 Å². The van der Waals surface area contributed by atoms with Crippen LogP contribution >= 0.6 is 0 Å². The maximum atomic E-state index is 12.7. The first-order valence-electron chi connectivity index (χ1n) is 7.30. The van der Waals surface area contributed by atoms with Gasteiger partial charge in [0.1, 0.15) is 11.1 Å². The van der Waals surface area contributed by atoms with Crippen LogP contribution in [-0.4, -0.2) is 9.78 Å². The highest BCUT2D eigenvalue weighted by Crippen LogP contribution is 2.25. The van der Waals surface area contributed by atoms with Crippen LogP contribution in [0.25, 0.3) is 28.1 Å². The normalized spacial score (nSPS) is 11.4. The molecule has 0 unspecified atom stereocenters. The van der Waals surface area contributed by atoms with E-state index in [2.05, 4.69) is 5.10 Å². The molecule has 2 heterocycles. The molecule has 23 heavy (non-hydrogen) atoms. The maximum Gasteiger partial charge on any atom is 0.282 e. The average Bonchev–Trinajstić information content (AvgIpc) is 2.84. The number of nitrogens with one attached hydrogen (secondary N) is 1. The highest BCUT2D eigenvalue weighted by Gasteiger charge is 2.15. The number of aromatic nitrogens is 2. The second kappa shape index (κ2) is 4.71. The average molecular weight is 306 g/mol. The van der Waals surface area contributed by atoms with E-state index in [9.17, 15) is 9.59 Å². The Bertz CT molecular complexity index is 1130. The van der Waals surface area contributed by atoms with Crippen molar-refractivity contribution in [2.75, 3.05) is 0 Å². The van der Waals surface area contributed by atoms with Gasteiger partial charge in [0.2, 0.25) is 5.71 Å². The second-order valence-electron chi connectivity index (χ2n) is 5.66. The smallest absolute Gasteiger partial charge is 0.282 e. The van der Waals surface area contributed by atoms with Crippen molar-refractivity contribution in [3.05, 3.63) is 74.2 Å². The Kier molecular flexibility index (Phi) is 2.78. The molecule has 0 saturated heterocycles. The van der Waals surface area contributed by atoms with Crippen LogP contribution in [0.2, 0.25) is 0 Å². The molecule has 2 aliphatic rings. The Morgan fingerprint density at radius 1 is 1.04 bits per heavy atom. The van der Waals surface area contributed by atoms with Crippen LogP contribution in [0.5, 0.6) is 0 Å². The van der Waals surface area contributed by atoms with Gasteiger partial charge in [0.05, 0.1) is 5.69 Å². The number of hydrogen-bond acceptors (Lipinski definition) is 3.